The Morgan fingerprint density at radius 2 is 1.00 bits per heavy atom. The second kappa shape index (κ2) is 6.95. The highest BCUT2D eigenvalue weighted by Crippen LogP contribution is 2.78. The number of hydrogen-bond acceptors (Lipinski definition) is 1. The Balaban J connectivity index is 1.24. The zero-order valence-corrected chi connectivity index (χ0v) is 23.9. The molecule has 0 aliphatic heterocycles. The molecule has 0 heterocycles. The standard InChI is InChI=1S/C33H54O/c1-21-9-15-32-19-24(21)28(3,4)26(32)11-13-30(32,7)17-23(34)18-31(8)14-12-27-29(5,6)25-20-33(27,31)16-10-22(25)2/h21-22,24-27H,9-20H2,1-8H3/t21-,22-,24-,25-,26+,27+,30+,31+,32+,33+/m1/s1. The summed E-state index contributed by atoms with van der Waals surface area (Å²) in [4.78, 5) is 14.1. The molecular formula is C33H54O. The monoisotopic (exact) mass is 466 g/mol. The molecule has 34 heavy (non-hydrogen) atoms. The van der Waals surface area contributed by atoms with E-state index in [4.69, 9.17) is 0 Å². The van der Waals surface area contributed by atoms with E-state index < -0.39 is 0 Å². The van der Waals surface area contributed by atoms with Crippen molar-refractivity contribution in [1.82, 2.24) is 0 Å². The molecule has 0 amide bonds. The Morgan fingerprint density at radius 3 is 1.38 bits per heavy atom. The van der Waals surface area contributed by atoms with Crippen LogP contribution in [0.4, 0.5) is 0 Å². The van der Waals surface area contributed by atoms with Gasteiger partial charge in [-0.1, -0.05) is 55.4 Å². The van der Waals surface area contributed by atoms with Crippen molar-refractivity contribution in [3.63, 3.8) is 0 Å². The van der Waals surface area contributed by atoms with Gasteiger partial charge in [0.2, 0.25) is 0 Å². The largest absolute Gasteiger partial charge is 0.300 e. The summed E-state index contributed by atoms with van der Waals surface area (Å²) < 4.78 is 0. The summed E-state index contributed by atoms with van der Waals surface area (Å²) in [5.41, 5.74) is 2.30. The third kappa shape index (κ3) is 2.67. The summed E-state index contributed by atoms with van der Waals surface area (Å²) >= 11 is 0. The van der Waals surface area contributed by atoms with Gasteiger partial charge in [-0.3, -0.25) is 4.79 Å². The fourth-order valence-corrected chi connectivity index (χ4v) is 13.5. The highest BCUT2D eigenvalue weighted by molar-refractivity contribution is 5.80. The van der Waals surface area contributed by atoms with Gasteiger partial charge in [-0.15, -0.1) is 0 Å². The summed E-state index contributed by atoms with van der Waals surface area (Å²) in [6.07, 6.45) is 15.5. The molecule has 0 radical (unpaired) electrons. The van der Waals surface area contributed by atoms with Crippen molar-refractivity contribution in [3.8, 4) is 0 Å². The second-order valence-corrected chi connectivity index (χ2v) is 16.8. The highest BCUT2D eigenvalue weighted by atomic mass is 16.1. The number of ketones is 1. The van der Waals surface area contributed by atoms with E-state index in [2.05, 4.69) is 55.4 Å². The average Bonchev–Trinajstić information content (AvgIpc) is 3.31. The Labute approximate surface area is 211 Å². The van der Waals surface area contributed by atoms with Gasteiger partial charge in [0.05, 0.1) is 0 Å². The molecule has 0 aromatic carbocycles. The van der Waals surface area contributed by atoms with Crippen LogP contribution in [0.15, 0.2) is 0 Å². The maximum absolute atomic E-state index is 14.1. The first-order valence-corrected chi connectivity index (χ1v) is 15.2. The predicted molar refractivity (Wildman–Crippen MR) is 141 cm³/mol. The second-order valence-electron chi connectivity index (χ2n) is 16.8. The first-order valence-electron chi connectivity index (χ1n) is 15.2. The fourth-order valence-electron chi connectivity index (χ4n) is 13.5. The molecule has 0 aromatic heterocycles. The molecule has 0 N–H and O–H groups in total. The van der Waals surface area contributed by atoms with E-state index in [0.29, 0.717) is 27.4 Å². The molecule has 6 aliphatic rings. The lowest BCUT2D eigenvalue weighted by Gasteiger charge is -2.50. The zero-order chi connectivity index (χ0) is 24.5. The van der Waals surface area contributed by atoms with Gasteiger partial charge in [0.1, 0.15) is 5.78 Å². The van der Waals surface area contributed by atoms with Crippen LogP contribution in [0.3, 0.4) is 0 Å². The molecule has 0 unspecified atom stereocenters. The van der Waals surface area contributed by atoms with E-state index in [1.54, 1.807) is 0 Å². The first-order chi connectivity index (χ1) is 15.7. The lowest BCUT2D eigenvalue weighted by atomic mass is 9.54. The van der Waals surface area contributed by atoms with Crippen LogP contribution in [0.2, 0.25) is 0 Å². The molecule has 4 bridgehead atoms. The molecule has 10 atom stereocenters. The molecule has 1 heteroatoms. The molecule has 6 aliphatic carbocycles. The molecule has 6 saturated carbocycles. The van der Waals surface area contributed by atoms with Crippen molar-refractivity contribution in [2.24, 2.45) is 68.0 Å². The van der Waals surface area contributed by atoms with Crippen molar-refractivity contribution in [2.75, 3.05) is 0 Å². The smallest absolute Gasteiger partial charge is 0.134 e. The molecule has 0 saturated heterocycles. The van der Waals surface area contributed by atoms with Gasteiger partial charge in [-0.25, -0.2) is 0 Å². The summed E-state index contributed by atoms with van der Waals surface area (Å²) in [5.74, 6) is 5.79. The maximum Gasteiger partial charge on any atom is 0.134 e. The Bertz CT molecular complexity index is 813. The van der Waals surface area contributed by atoms with Crippen molar-refractivity contribution in [1.29, 1.82) is 0 Å². The molecule has 1 nitrogen and oxygen atoms in total. The zero-order valence-electron chi connectivity index (χ0n) is 23.9. The molecule has 6 fully saturated rings. The van der Waals surface area contributed by atoms with Crippen LogP contribution >= 0.6 is 0 Å². The van der Waals surface area contributed by atoms with E-state index in [9.17, 15) is 4.79 Å². The normalized spacial score (nSPS) is 56.4. The third-order valence-corrected chi connectivity index (χ3v) is 15.2. The number of rotatable bonds is 4. The van der Waals surface area contributed by atoms with Crippen molar-refractivity contribution < 1.29 is 4.79 Å². The first kappa shape index (κ1) is 24.0. The summed E-state index contributed by atoms with van der Waals surface area (Å²) in [6.45, 7) is 20.5. The molecule has 0 aromatic rings. The molecule has 192 valence electrons. The number of Topliss-reactive ketones (excluding diaryl/α,β-unsaturated/α-hetero) is 1. The molecule has 6 rings (SSSR count). The topological polar surface area (TPSA) is 17.1 Å². The maximum atomic E-state index is 14.1. The molecular weight excluding hydrogens is 412 g/mol. The Kier molecular flexibility index (Phi) is 4.91. The number of carbonyl (C=O) groups is 1. The van der Waals surface area contributed by atoms with Crippen molar-refractivity contribution in [2.45, 2.75) is 132 Å². The number of fused-ring (bicyclic) bond motifs is 2. The lowest BCUT2D eigenvalue weighted by molar-refractivity contribution is -0.129. The Hall–Kier alpha value is -0.330. The van der Waals surface area contributed by atoms with Gasteiger partial charge >= 0.3 is 0 Å². The van der Waals surface area contributed by atoms with Gasteiger partial charge in [0.15, 0.2) is 0 Å². The Morgan fingerprint density at radius 1 is 0.618 bits per heavy atom. The third-order valence-electron chi connectivity index (χ3n) is 15.2. The molecule has 2 spiro atoms. The SMILES string of the molecule is C[C@@H]1CC[C@]23C[C@H]1C(C)(C)[C@@H]2CC[C@@]3(C)CC(=O)C[C@]1(C)CC[C@H]2C(C)(C)[C@@H]3C[C@@]21CC[C@H]3C. The quantitative estimate of drug-likeness (QED) is 0.404. The van der Waals surface area contributed by atoms with Crippen LogP contribution < -0.4 is 0 Å². The van der Waals surface area contributed by atoms with Crippen LogP contribution in [-0.4, -0.2) is 5.78 Å². The average molecular weight is 467 g/mol. The van der Waals surface area contributed by atoms with Crippen molar-refractivity contribution in [3.05, 3.63) is 0 Å². The lowest BCUT2D eigenvalue weighted by Crippen LogP contribution is -2.44. The number of carbonyl (C=O) groups excluding carboxylic acids is 1. The summed E-state index contributed by atoms with van der Waals surface area (Å²) in [5, 5.41) is 0. The van der Waals surface area contributed by atoms with Crippen LogP contribution in [0.1, 0.15) is 132 Å². The summed E-state index contributed by atoms with van der Waals surface area (Å²) in [6, 6.07) is 0. The van der Waals surface area contributed by atoms with E-state index >= 15 is 0 Å². The van der Waals surface area contributed by atoms with Crippen LogP contribution in [0.5, 0.6) is 0 Å². The fraction of sp³-hybridized carbons (Fsp3) is 0.970. The van der Waals surface area contributed by atoms with Crippen LogP contribution in [0, 0.1) is 68.0 Å². The summed E-state index contributed by atoms with van der Waals surface area (Å²) in [7, 11) is 0. The van der Waals surface area contributed by atoms with E-state index in [1.807, 2.05) is 0 Å². The van der Waals surface area contributed by atoms with Gasteiger partial charge < -0.3 is 0 Å². The highest BCUT2D eigenvalue weighted by Gasteiger charge is 2.71. The predicted octanol–water partition coefficient (Wildman–Crippen LogP) is 9.09. The van der Waals surface area contributed by atoms with Gasteiger partial charge in [0.25, 0.3) is 0 Å². The minimum Gasteiger partial charge on any atom is -0.300 e. The van der Waals surface area contributed by atoms with E-state index in [1.165, 1.54) is 64.2 Å². The van der Waals surface area contributed by atoms with Crippen LogP contribution in [-0.2, 0) is 4.79 Å². The van der Waals surface area contributed by atoms with Gasteiger partial charge in [0, 0.05) is 12.8 Å². The van der Waals surface area contributed by atoms with E-state index in [0.717, 1.165) is 48.3 Å². The van der Waals surface area contributed by atoms with Crippen molar-refractivity contribution >= 4 is 5.78 Å². The van der Waals surface area contributed by atoms with Crippen LogP contribution in [0.25, 0.3) is 0 Å². The number of hydrogen-bond donors (Lipinski definition) is 0. The minimum absolute atomic E-state index is 0.242. The van der Waals surface area contributed by atoms with Gasteiger partial charge in [-0.05, 0) is 132 Å². The van der Waals surface area contributed by atoms with E-state index in [-0.39, 0.29) is 10.8 Å². The minimum atomic E-state index is 0.242. The van der Waals surface area contributed by atoms with Gasteiger partial charge in [-0.2, -0.15) is 0 Å².